The second kappa shape index (κ2) is 6.01. The molecule has 1 rings (SSSR count). The quantitative estimate of drug-likeness (QED) is 0.826. The molecule has 16 heavy (non-hydrogen) atoms. The molecule has 0 radical (unpaired) electrons. The summed E-state index contributed by atoms with van der Waals surface area (Å²) in [6, 6.07) is 2.48. The lowest BCUT2D eigenvalue weighted by Crippen LogP contribution is -2.36. The van der Waals surface area contributed by atoms with Gasteiger partial charge >= 0.3 is 0 Å². The molecule has 1 amide bonds. The van der Waals surface area contributed by atoms with Crippen LogP contribution in [0.25, 0.3) is 0 Å². The Kier molecular flexibility index (Phi) is 4.96. The van der Waals surface area contributed by atoms with E-state index in [0.717, 1.165) is 0 Å². The number of amides is 1. The highest BCUT2D eigenvalue weighted by Crippen LogP contribution is 2.19. The normalized spacial score (nSPS) is 10.8. The van der Waals surface area contributed by atoms with Crippen LogP contribution in [0.1, 0.15) is 29.2 Å². The Morgan fingerprint density at radius 2 is 2.12 bits per heavy atom. The van der Waals surface area contributed by atoms with E-state index in [1.54, 1.807) is 11.3 Å². The lowest BCUT2D eigenvalue weighted by molar-refractivity contribution is -0.120. The smallest absolute Gasteiger partial charge is 0.234 e. The molecule has 1 aromatic heterocycles. The Morgan fingerprint density at radius 1 is 1.44 bits per heavy atom. The van der Waals surface area contributed by atoms with Crippen molar-refractivity contribution < 1.29 is 4.79 Å². The van der Waals surface area contributed by atoms with Crippen LogP contribution in [-0.2, 0) is 11.3 Å². The minimum Gasteiger partial charge on any atom is -0.350 e. The number of hydrogen-bond acceptors (Lipinski definition) is 3. The summed E-state index contributed by atoms with van der Waals surface area (Å²) < 4.78 is 0. The van der Waals surface area contributed by atoms with Gasteiger partial charge in [-0.2, -0.15) is 0 Å². The van der Waals surface area contributed by atoms with Crippen LogP contribution in [0, 0.1) is 13.8 Å². The van der Waals surface area contributed by atoms with Gasteiger partial charge in [0.25, 0.3) is 0 Å². The van der Waals surface area contributed by atoms with Crippen molar-refractivity contribution in [3.05, 3.63) is 21.4 Å². The number of carbonyl (C=O) groups excluding carboxylic acids is 1. The molecule has 0 spiro atoms. The lowest BCUT2D eigenvalue weighted by Gasteiger charge is -2.07. The highest BCUT2D eigenvalue weighted by Gasteiger charge is 2.04. The van der Waals surface area contributed by atoms with E-state index in [1.807, 2.05) is 13.8 Å². The fraction of sp³-hybridized carbons (Fsp3) is 0.583. The molecule has 1 heterocycles. The average Bonchev–Trinajstić information content (AvgIpc) is 2.52. The summed E-state index contributed by atoms with van der Waals surface area (Å²) in [6.45, 7) is 9.28. The molecule has 0 saturated heterocycles. The molecule has 1 aromatic rings. The first kappa shape index (κ1) is 13.2. The number of carbonyl (C=O) groups is 1. The molecule has 3 nitrogen and oxygen atoms in total. The van der Waals surface area contributed by atoms with E-state index in [9.17, 15) is 4.79 Å². The van der Waals surface area contributed by atoms with Gasteiger partial charge in [0.05, 0.1) is 13.1 Å². The maximum absolute atomic E-state index is 11.4. The number of aryl methyl sites for hydroxylation is 2. The van der Waals surface area contributed by atoms with Crippen LogP contribution in [0.5, 0.6) is 0 Å². The Balaban J connectivity index is 2.31. The van der Waals surface area contributed by atoms with E-state index in [1.165, 1.54) is 15.3 Å². The minimum atomic E-state index is 0.0532. The van der Waals surface area contributed by atoms with Crippen LogP contribution in [0.3, 0.4) is 0 Å². The molecular formula is C12H20N2OS. The Hall–Kier alpha value is -0.870. The first-order valence-electron chi connectivity index (χ1n) is 5.55. The van der Waals surface area contributed by atoms with Gasteiger partial charge in [-0.05, 0) is 25.5 Å². The number of hydrogen-bond donors (Lipinski definition) is 2. The van der Waals surface area contributed by atoms with E-state index >= 15 is 0 Å². The summed E-state index contributed by atoms with van der Waals surface area (Å²) in [4.78, 5) is 14.0. The number of thiophene rings is 1. The van der Waals surface area contributed by atoms with E-state index < -0.39 is 0 Å². The zero-order valence-corrected chi connectivity index (χ0v) is 11.2. The summed E-state index contributed by atoms with van der Waals surface area (Å²) in [5.74, 6) is 0.0532. The molecule has 0 atom stereocenters. The summed E-state index contributed by atoms with van der Waals surface area (Å²) in [7, 11) is 0. The second-order valence-corrected chi connectivity index (χ2v) is 5.61. The van der Waals surface area contributed by atoms with Crippen molar-refractivity contribution in [1.29, 1.82) is 0 Å². The van der Waals surface area contributed by atoms with E-state index in [-0.39, 0.29) is 5.91 Å². The molecule has 0 aromatic carbocycles. The van der Waals surface area contributed by atoms with Crippen LogP contribution in [-0.4, -0.2) is 18.5 Å². The van der Waals surface area contributed by atoms with Crippen LogP contribution in [0.15, 0.2) is 6.07 Å². The first-order valence-corrected chi connectivity index (χ1v) is 6.36. The predicted octanol–water partition coefficient (Wildman–Crippen LogP) is 1.98. The standard InChI is InChI=1S/C12H20N2OS/c1-8(2)13-7-12(15)14-6-11-5-9(3)10(4)16-11/h5,8,13H,6-7H2,1-4H3,(H,14,15). The Bertz CT molecular complexity index is 338. The third-order valence-electron chi connectivity index (χ3n) is 2.35. The monoisotopic (exact) mass is 240 g/mol. The molecule has 0 fully saturated rings. The van der Waals surface area contributed by atoms with E-state index in [0.29, 0.717) is 19.1 Å². The topological polar surface area (TPSA) is 41.1 Å². The van der Waals surface area contributed by atoms with Gasteiger partial charge in [-0.1, -0.05) is 13.8 Å². The average molecular weight is 240 g/mol. The molecule has 2 N–H and O–H groups in total. The van der Waals surface area contributed by atoms with Crippen molar-refractivity contribution in [3.8, 4) is 0 Å². The maximum atomic E-state index is 11.4. The van der Waals surface area contributed by atoms with Crippen LogP contribution < -0.4 is 10.6 Å². The van der Waals surface area contributed by atoms with E-state index in [2.05, 4.69) is 30.5 Å². The highest BCUT2D eigenvalue weighted by atomic mass is 32.1. The molecular weight excluding hydrogens is 220 g/mol. The zero-order chi connectivity index (χ0) is 12.1. The van der Waals surface area contributed by atoms with Crippen molar-refractivity contribution >= 4 is 17.2 Å². The van der Waals surface area contributed by atoms with Gasteiger partial charge in [-0.25, -0.2) is 0 Å². The summed E-state index contributed by atoms with van der Waals surface area (Å²) in [5.41, 5.74) is 1.30. The van der Waals surface area contributed by atoms with Crippen molar-refractivity contribution in [2.24, 2.45) is 0 Å². The highest BCUT2D eigenvalue weighted by molar-refractivity contribution is 7.12. The van der Waals surface area contributed by atoms with Crippen LogP contribution >= 0.6 is 11.3 Å². The molecule has 0 aliphatic carbocycles. The molecule has 0 bridgehead atoms. The molecule has 4 heteroatoms. The van der Waals surface area contributed by atoms with Crippen molar-refractivity contribution in [1.82, 2.24) is 10.6 Å². The number of rotatable bonds is 5. The van der Waals surface area contributed by atoms with Crippen LogP contribution in [0.2, 0.25) is 0 Å². The molecule has 0 aliphatic heterocycles. The maximum Gasteiger partial charge on any atom is 0.234 e. The van der Waals surface area contributed by atoms with Crippen molar-refractivity contribution in [3.63, 3.8) is 0 Å². The number of nitrogens with one attached hydrogen (secondary N) is 2. The van der Waals surface area contributed by atoms with Gasteiger partial charge in [-0.15, -0.1) is 11.3 Å². The molecule has 0 aliphatic rings. The third-order valence-corrected chi connectivity index (χ3v) is 3.50. The fourth-order valence-electron chi connectivity index (χ4n) is 1.28. The fourth-order valence-corrected chi connectivity index (χ4v) is 2.28. The van der Waals surface area contributed by atoms with Gasteiger partial charge in [0.15, 0.2) is 0 Å². The summed E-state index contributed by atoms with van der Waals surface area (Å²) >= 11 is 1.75. The molecule has 90 valence electrons. The summed E-state index contributed by atoms with van der Waals surface area (Å²) in [5, 5.41) is 5.99. The Morgan fingerprint density at radius 3 is 2.62 bits per heavy atom. The van der Waals surface area contributed by atoms with Gasteiger partial charge < -0.3 is 10.6 Å². The van der Waals surface area contributed by atoms with Crippen LogP contribution in [0.4, 0.5) is 0 Å². The third kappa shape index (κ3) is 4.33. The predicted molar refractivity (Wildman–Crippen MR) is 68.8 cm³/mol. The zero-order valence-electron chi connectivity index (χ0n) is 10.4. The van der Waals surface area contributed by atoms with Gasteiger partial charge in [0.2, 0.25) is 5.91 Å². The van der Waals surface area contributed by atoms with Gasteiger partial charge in [-0.3, -0.25) is 4.79 Å². The Labute approximate surface area is 101 Å². The SMILES string of the molecule is Cc1cc(CNC(=O)CNC(C)C)sc1C. The lowest BCUT2D eigenvalue weighted by atomic mass is 10.3. The van der Waals surface area contributed by atoms with Crippen molar-refractivity contribution in [2.75, 3.05) is 6.54 Å². The molecule has 0 unspecified atom stereocenters. The largest absolute Gasteiger partial charge is 0.350 e. The van der Waals surface area contributed by atoms with Gasteiger partial charge in [0.1, 0.15) is 0 Å². The summed E-state index contributed by atoms with van der Waals surface area (Å²) in [6.07, 6.45) is 0. The van der Waals surface area contributed by atoms with Gasteiger partial charge in [0, 0.05) is 15.8 Å². The van der Waals surface area contributed by atoms with E-state index in [4.69, 9.17) is 0 Å². The molecule has 0 saturated carbocycles. The minimum absolute atomic E-state index is 0.0532. The van der Waals surface area contributed by atoms with Crippen molar-refractivity contribution in [2.45, 2.75) is 40.3 Å². The first-order chi connectivity index (χ1) is 7.49. The second-order valence-electron chi connectivity index (χ2n) is 4.26.